The van der Waals surface area contributed by atoms with Crippen molar-refractivity contribution >= 4 is 0 Å². The smallest absolute Gasteiger partial charge is 0.200 e. The number of hydrogen-bond donors (Lipinski definition) is 1. The van der Waals surface area contributed by atoms with Crippen LogP contribution in [0.25, 0.3) is 22.3 Å². The number of rotatable bonds is 7. The molecule has 1 fully saturated rings. The Kier molecular flexibility index (Phi) is 7.39. The van der Waals surface area contributed by atoms with Crippen molar-refractivity contribution in [3.05, 3.63) is 77.6 Å². The van der Waals surface area contributed by atoms with Gasteiger partial charge in [0.05, 0.1) is 0 Å². The first kappa shape index (κ1) is 23.4. The van der Waals surface area contributed by atoms with Gasteiger partial charge in [0.1, 0.15) is 5.82 Å². The monoisotopic (exact) mass is 454 g/mol. The van der Waals surface area contributed by atoms with Crippen LogP contribution in [-0.4, -0.2) is 18.3 Å². The fourth-order valence-corrected chi connectivity index (χ4v) is 4.68. The molecule has 0 bridgehead atoms. The summed E-state index contributed by atoms with van der Waals surface area (Å²) in [7, 11) is 0. The van der Waals surface area contributed by atoms with Gasteiger partial charge >= 0.3 is 0 Å². The van der Waals surface area contributed by atoms with Crippen LogP contribution in [0.2, 0.25) is 0 Å². The van der Waals surface area contributed by atoms with Crippen LogP contribution in [-0.2, 0) is 4.74 Å². The van der Waals surface area contributed by atoms with Crippen molar-refractivity contribution in [2.75, 3.05) is 13.2 Å². The van der Waals surface area contributed by atoms with E-state index in [0.29, 0.717) is 11.5 Å². The molecule has 0 aliphatic heterocycles. The summed E-state index contributed by atoms with van der Waals surface area (Å²) in [6.07, 6.45) is 5.10. The molecule has 3 aromatic carbocycles. The molecule has 4 rings (SSSR count). The van der Waals surface area contributed by atoms with Crippen molar-refractivity contribution in [1.82, 2.24) is 0 Å². The number of phenolic OH excluding ortho intramolecular Hbond substituents is 1. The second-order valence-corrected chi connectivity index (χ2v) is 8.87. The van der Waals surface area contributed by atoms with Gasteiger partial charge in [0.15, 0.2) is 11.6 Å². The van der Waals surface area contributed by atoms with E-state index in [0.717, 1.165) is 68.1 Å². The topological polar surface area (TPSA) is 29.5 Å². The van der Waals surface area contributed by atoms with Gasteiger partial charge in [0.25, 0.3) is 0 Å². The molecule has 33 heavy (non-hydrogen) atoms. The van der Waals surface area contributed by atoms with Gasteiger partial charge < -0.3 is 9.84 Å². The average Bonchev–Trinajstić information content (AvgIpc) is 2.83. The van der Waals surface area contributed by atoms with E-state index in [1.165, 1.54) is 6.07 Å². The van der Waals surface area contributed by atoms with Crippen LogP contribution in [0.3, 0.4) is 0 Å². The van der Waals surface area contributed by atoms with Gasteiger partial charge in [0, 0.05) is 18.8 Å². The molecule has 1 aliphatic carbocycles. The molecule has 0 heterocycles. The molecule has 0 radical (unpaired) electrons. The van der Waals surface area contributed by atoms with Gasteiger partial charge in [0.2, 0.25) is 5.82 Å². The molecular formula is C28H29F3O2. The highest BCUT2D eigenvalue weighted by atomic mass is 19.2. The second kappa shape index (κ2) is 10.4. The third-order valence-corrected chi connectivity index (χ3v) is 6.58. The molecule has 1 N–H and O–H groups in total. The van der Waals surface area contributed by atoms with E-state index in [4.69, 9.17) is 4.74 Å². The van der Waals surface area contributed by atoms with Crippen molar-refractivity contribution in [1.29, 1.82) is 0 Å². The highest BCUT2D eigenvalue weighted by Gasteiger charge is 2.24. The Morgan fingerprint density at radius 1 is 0.818 bits per heavy atom. The number of halogens is 3. The number of aromatic hydroxyl groups is 1. The van der Waals surface area contributed by atoms with Crippen LogP contribution >= 0.6 is 0 Å². The first-order valence-corrected chi connectivity index (χ1v) is 11.6. The standard InChI is InChI=1S/C28H29F3O2/c1-2-15-33-17-18-3-5-20(6-4-18)23-12-11-22(16-25(23)29)19-7-9-21(10-8-19)24-13-14-26(32)28(31)27(24)30/h7-14,16,18,20,32H,2-6,15,17H2,1H3. The lowest BCUT2D eigenvalue weighted by molar-refractivity contribution is 0.0830. The Hall–Kier alpha value is -2.79. The van der Waals surface area contributed by atoms with Crippen molar-refractivity contribution < 1.29 is 23.0 Å². The Morgan fingerprint density at radius 2 is 1.48 bits per heavy atom. The predicted molar refractivity (Wildman–Crippen MR) is 125 cm³/mol. The third-order valence-electron chi connectivity index (χ3n) is 6.58. The Bertz CT molecular complexity index is 1090. The number of phenols is 1. The maximum Gasteiger partial charge on any atom is 0.200 e. The van der Waals surface area contributed by atoms with Crippen LogP contribution in [0.15, 0.2) is 54.6 Å². The summed E-state index contributed by atoms with van der Waals surface area (Å²) in [6.45, 7) is 3.71. The maximum atomic E-state index is 15.0. The fraction of sp³-hybridized carbons (Fsp3) is 0.357. The Labute approximate surface area is 193 Å². The van der Waals surface area contributed by atoms with E-state index in [9.17, 15) is 13.9 Å². The Morgan fingerprint density at radius 3 is 2.15 bits per heavy atom. The molecule has 0 amide bonds. The second-order valence-electron chi connectivity index (χ2n) is 8.87. The van der Waals surface area contributed by atoms with Gasteiger partial charge in [-0.3, -0.25) is 0 Å². The van der Waals surface area contributed by atoms with Crippen LogP contribution in [0.4, 0.5) is 13.2 Å². The molecular weight excluding hydrogens is 425 g/mol. The van der Waals surface area contributed by atoms with Crippen LogP contribution in [0, 0.1) is 23.4 Å². The summed E-state index contributed by atoms with van der Waals surface area (Å²) in [4.78, 5) is 0. The summed E-state index contributed by atoms with van der Waals surface area (Å²) < 4.78 is 48.5. The minimum Gasteiger partial charge on any atom is -0.505 e. The number of benzene rings is 3. The van der Waals surface area contributed by atoms with E-state index in [-0.39, 0.29) is 17.3 Å². The highest BCUT2D eigenvalue weighted by molar-refractivity contribution is 5.71. The van der Waals surface area contributed by atoms with Gasteiger partial charge in [-0.15, -0.1) is 0 Å². The zero-order chi connectivity index (χ0) is 23.4. The normalized spacial score (nSPS) is 18.4. The molecule has 0 saturated heterocycles. The molecule has 0 aromatic heterocycles. The number of hydrogen-bond acceptors (Lipinski definition) is 2. The third kappa shape index (κ3) is 5.25. The van der Waals surface area contributed by atoms with Crippen LogP contribution < -0.4 is 0 Å². The fourth-order valence-electron chi connectivity index (χ4n) is 4.68. The van der Waals surface area contributed by atoms with Crippen molar-refractivity contribution in [2.24, 2.45) is 5.92 Å². The minimum absolute atomic E-state index is 0.0640. The van der Waals surface area contributed by atoms with Gasteiger partial charge in [-0.05, 0) is 84.4 Å². The molecule has 2 nitrogen and oxygen atoms in total. The largest absolute Gasteiger partial charge is 0.505 e. The van der Waals surface area contributed by atoms with Crippen molar-refractivity contribution in [2.45, 2.75) is 44.9 Å². The quantitative estimate of drug-likeness (QED) is 0.369. The molecule has 0 spiro atoms. The zero-order valence-corrected chi connectivity index (χ0v) is 18.8. The summed E-state index contributed by atoms with van der Waals surface area (Å²) in [5, 5.41) is 9.31. The maximum absolute atomic E-state index is 15.0. The van der Waals surface area contributed by atoms with Gasteiger partial charge in [-0.25, -0.2) is 8.78 Å². The summed E-state index contributed by atoms with van der Waals surface area (Å²) in [6, 6.07) is 14.7. The van der Waals surface area contributed by atoms with E-state index in [1.807, 2.05) is 12.1 Å². The number of ether oxygens (including phenoxy) is 1. The molecule has 0 atom stereocenters. The van der Waals surface area contributed by atoms with E-state index < -0.39 is 17.4 Å². The Balaban J connectivity index is 1.45. The molecule has 174 valence electrons. The lowest BCUT2D eigenvalue weighted by Crippen LogP contribution is -2.18. The molecule has 0 unspecified atom stereocenters. The lowest BCUT2D eigenvalue weighted by Gasteiger charge is -2.29. The van der Waals surface area contributed by atoms with Crippen LogP contribution in [0.5, 0.6) is 5.75 Å². The lowest BCUT2D eigenvalue weighted by atomic mass is 9.78. The SMILES string of the molecule is CCCOCC1CCC(c2ccc(-c3ccc(-c4ccc(O)c(F)c4F)cc3)cc2F)CC1. The molecule has 1 aliphatic rings. The predicted octanol–water partition coefficient (Wildman–Crippen LogP) is 7.84. The van der Waals surface area contributed by atoms with Gasteiger partial charge in [-0.2, -0.15) is 4.39 Å². The van der Waals surface area contributed by atoms with E-state index in [1.54, 1.807) is 30.3 Å². The summed E-state index contributed by atoms with van der Waals surface area (Å²) in [5.74, 6) is -2.48. The summed E-state index contributed by atoms with van der Waals surface area (Å²) in [5.41, 5.74) is 2.84. The van der Waals surface area contributed by atoms with Crippen LogP contribution in [0.1, 0.15) is 50.5 Å². The molecule has 5 heteroatoms. The highest BCUT2D eigenvalue weighted by Crippen LogP contribution is 2.38. The molecule has 3 aromatic rings. The van der Waals surface area contributed by atoms with E-state index >= 15 is 4.39 Å². The first-order valence-electron chi connectivity index (χ1n) is 11.6. The van der Waals surface area contributed by atoms with E-state index in [2.05, 4.69) is 6.92 Å². The molecule has 1 saturated carbocycles. The first-order chi connectivity index (χ1) is 16.0. The average molecular weight is 455 g/mol. The minimum atomic E-state index is -1.27. The summed E-state index contributed by atoms with van der Waals surface area (Å²) >= 11 is 0. The van der Waals surface area contributed by atoms with Crippen molar-refractivity contribution in [3.8, 4) is 28.0 Å². The van der Waals surface area contributed by atoms with Crippen molar-refractivity contribution in [3.63, 3.8) is 0 Å². The van der Waals surface area contributed by atoms with Gasteiger partial charge in [-0.1, -0.05) is 43.3 Å². The zero-order valence-electron chi connectivity index (χ0n) is 18.8.